The van der Waals surface area contributed by atoms with Gasteiger partial charge >= 0.3 is 0 Å². The van der Waals surface area contributed by atoms with Crippen molar-refractivity contribution in [3.8, 4) is 0 Å². The van der Waals surface area contributed by atoms with Crippen LogP contribution in [0.15, 0.2) is 0 Å². The minimum Gasteiger partial charge on any atom is -0.344 e. The molecule has 0 aromatic rings. The molecule has 1 N–H and O–H groups in total. The Morgan fingerprint density at radius 2 is 1.62 bits per heavy atom. The fraction of sp³-hybridized carbons (Fsp3) is 0.923. The molecule has 0 heterocycles. The topological polar surface area (TPSA) is 29.1 Å². The number of carbonyl (C=O) groups excluding carboxylic acids is 1. The Morgan fingerprint density at radius 3 is 2.19 bits per heavy atom. The van der Waals surface area contributed by atoms with E-state index in [1.165, 1.54) is 38.5 Å². The fourth-order valence-electron chi connectivity index (χ4n) is 1.98. The van der Waals surface area contributed by atoms with Gasteiger partial charge < -0.3 is 5.32 Å². The fourth-order valence-corrected chi connectivity index (χ4v) is 2.17. The van der Waals surface area contributed by atoms with E-state index in [9.17, 15) is 4.79 Å². The Hall–Kier alpha value is -0.180. The zero-order valence-electron chi connectivity index (χ0n) is 10.8. The maximum atomic E-state index is 10.9. The van der Waals surface area contributed by atoms with Gasteiger partial charge in [0.1, 0.15) is 0 Å². The van der Waals surface area contributed by atoms with Crippen LogP contribution in [0.4, 0.5) is 4.79 Å². The lowest BCUT2D eigenvalue weighted by molar-refractivity contribution is 0.255. The van der Waals surface area contributed by atoms with Gasteiger partial charge in [0.25, 0.3) is 5.24 Å². The maximum absolute atomic E-state index is 10.9. The quantitative estimate of drug-likeness (QED) is 0.429. The Morgan fingerprint density at radius 1 is 1.00 bits per heavy atom. The molecule has 96 valence electrons. The Bertz CT molecular complexity index is 173. The molecule has 0 saturated heterocycles. The van der Waals surface area contributed by atoms with E-state index < -0.39 is 0 Å². The number of thiol groups is 1. The summed E-state index contributed by atoms with van der Waals surface area (Å²) in [6.07, 6.45) is 11.2. The van der Waals surface area contributed by atoms with E-state index in [1.54, 1.807) is 0 Å². The highest BCUT2D eigenvalue weighted by atomic mass is 32.1. The van der Waals surface area contributed by atoms with Crippen LogP contribution in [0.25, 0.3) is 0 Å². The van der Waals surface area contributed by atoms with Crippen LogP contribution >= 0.6 is 12.6 Å². The van der Waals surface area contributed by atoms with Crippen LogP contribution in [-0.2, 0) is 0 Å². The van der Waals surface area contributed by atoms with Gasteiger partial charge in [0, 0.05) is 6.04 Å². The average Bonchev–Trinajstić information content (AvgIpc) is 2.22. The first kappa shape index (κ1) is 15.8. The Balaban J connectivity index is 3.47. The molecule has 0 aromatic heterocycles. The van der Waals surface area contributed by atoms with E-state index in [4.69, 9.17) is 0 Å². The van der Waals surface area contributed by atoms with Crippen molar-refractivity contribution in [1.29, 1.82) is 0 Å². The summed E-state index contributed by atoms with van der Waals surface area (Å²) in [5.74, 6) is 0. The maximum Gasteiger partial charge on any atom is 0.276 e. The zero-order chi connectivity index (χ0) is 12.2. The molecule has 0 aliphatic heterocycles. The number of nitrogens with one attached hydrogen (secondary N) is 1. The SMILES string of the molecule is CCCCCCCCC(CCC)NC(=O)S. The molecule has 0 spiro atoms. The van der Waals surface area contributed by atoms with Gasteiger partial charge in [-0.2, -0.15) is 0 Å². The Labute approximate surface area is 106 Å². The van der Waals surface area contributed by atoms with Crippen molar-refractivity contribution in [3.63, 3.8) is 0 Å². The second-order valence-electron chi connectivity index (χ2n) is 4.49. The highest BCUT2D eigenvalue weighted by Crippen LogP contribution is 2.11. The molecule has 3 heteroatoms. The number of hydrogen-bond donors (Lipinski definition) is 2. The van der Waals surface area contributed by atoms with Gasteiger partial charge in [0.15, 0.2) is 0 Å². The molecule has 0 saturated carbocycles. The smallest absolute Gasteiger partial charge is 0.276 e. The predicted molar refractivity (Wildman–Crippen MR) is 74.2 cm³/mol. The van der Waals surface area contributed by atoms with Gasteiger partial charge in [-0.15, -0.1) is 0 Å². The van der Waals surface area contributed by atoms with E-state index in [0.717, 1.165) is 19.3 Å². The van der Waals surface area contributed by atoms with Crippen molar-refractivity contribution in [2.45, 2.75) is 77.7 Å². The molecule has 0 aliphatic carbocycles. The van der Waals surface area contributed by atoms with E-state index in [-0.39, 0.29) is 5.24 Å². The molecule has 0 aliphatic rings. The molecule has 1 unspecified atom stereocenters. The summed E-state index contributed by atoms with van der Waals surface area (Å²) in [4.78, 5) is 10.9. The number of amides is 1. The lowest BCUT2D eigenvalue weighted by atomic mass is 10.0. The monoisotopic (exact) mass is 245 g/mol. The molecule has 1 atom stereocenters. The number of unbranched alkanes of at least 4 members (excludes halogenated alkanes) is 5. The summed E-state index contributed by atoms with van der Waals surface area (Å²) in [5.41, 5.74) is 0. The Kier molecular flexibility index (Phi) is 11.2. The van der Waals surface area contributed by atoms with Crippen LogP contribution in [0.1, 0.15) is 71.6 Å². The van der Waals surface area contributed by atoms with E-state index in [2.05, 4.69) is 31.8 Å². The minimum atomic E-state index is -0.190. The van der Waals surface area contributed by atoms with Crippen LogP contribution in [0.5, 0.6) is 0 Å². The van der Waals surface area contributed by atoms with Gasteiger partial charge in [-0.05, 0) is 12.8 Å². The molecule has 0 fully saturated rings. The van der Waals surface area contributed by atoms with Gasteiger partial charge in [-0.25, -0.2) is 0 Å². The second kappa shape index (κ2) is 11.3. The van der Waals surface area contributed by atoms with Crippen molar-refractivity contribution in [2.24, 2.45) is 0 Å². The lowest BCUT2D eigenvalue weighted by Gasteiger charge is -2.16. The molecule has 0 aromatic carbocycles. The first-order chi connectivity index (χ1) is 7.70. The summed E-state index contributed by atoms with van der Waals surface area (Å²) in [6, 6.07) is 0.334. The van der Waals surface area contributed by atoms with Crippen molar-refractivity contribution in [3.05, 3.63) is 0 Å². The molecule has 1 amide bonds. The third kappa shape index (κ3) is 10.3. The predicted octanol–water partition coefficient (Wildman–Crippen LogP) is 4.55. The van der Waals surface area contributed by atoms with Crippen LogP contribution < -0.4 is 5.32 Å². The van der Waals surface area contributed by atoms with Crippen LogP contribution in [0.2, 0.25) is 0 Å². The van der Waals surface area contributed by atoms with Gasteiger partial charge in [-0.1, -0.05) is 71.4 Å². The molecule has 16 heavy (non-hydrogen) atoms. The van der Waals surface area contributed by atoms with Gasteiger partial charge in [0.2, 0.25) is 0 Å². The third-order valence-electron chi connectivity index (χ3n) is 2.87. The molecule has 2 nitrogen and oxygen atoms in total. The molecular formula is C13H27NOS. The summed E-state index contributed by atoms with van der Waals surface area (Å²) < 4.78 is 0. The normalized spacial score (nSPS) is 12.4. The van der Waals surface area contributed by atoms with Gasteiger partial charge in [0.05, 0.1) is 0 Å². The van der Waals surface area contributed by atoms with E-state index in [0.29, 0.717) is 6.04 Å². The van der Waals surface area contributed by atoms with Crippen molar-refractivity contribution >= 4 is 17.9 Å². The van der Waals surface area contributed by atoms with Crippen molar-refractivity contribution in [2.75, 3.05) is 0 Å². The van der Waals surface area contributed by atoms with Crippen LogP contribution in [-0.4, -0.2) is 11.3 Å². The summed E-state index contributed by atoms with van der Waals surface area (Å²) in [7, 11) is 0. The first-order valence-corrected chi connectivity index (χ1v) is 7.14. The van der Waals surface area contributed by atoms with Crippen molar-refractivity contribution in [1.82, 2.24) is 5.32 Å². The molecule has 0 radical (unpaired) electrons. The summed E-state index contributed by atoms with van der Waals surface area (Å²) >= 11 is 3.77. The standard InChI is InChI=1S/C13H27NOS/c1-3-5-6-7-8-9-11-12(10-4-2)14-13(15)16/h12H,3-11H2,1-2H3,(H2,14,15,16). The second-order valence-corrected chi connectivity index (χ2v) is 4.90. The minimum absolute atomic E-state index is 0.190. The summed E-state index contributed by atoms with van der Waals surface area (Å²) in [6.45, 7) is 4.39. The van der Waals surface area contributed by atoms with Crippen LogP contribution in [0.3, 0.4) is 0 Å². The van der Waals surface area contributed by atoms with Crippen LogP contribution in [0, 0.1) is 0 Å². The zero-order valence-corrected chi connectivity index (χ0v) is 11.7. The number of carbonyl (C=O) groups is 1. The van der Waals surface area contributed by atoms with Gasteiger partial charge in [-0.3, -0.25) is 4.79 Å². The molecule has 0 rings (SSSR count). The highest BCUT2D eigenvalue weighted by molar-refractivity contribution is 7.96. The summed E-state index contributed by atoms with van der Waals surface area (Å²) in [5, 5.41) is 2.72. The number of hydrogen-bond acceptors (Lipinski definition) is 1. The average molecular weight is 245 g/mol. The molecular weight excluding hydrogens is 218 g/mol. The first-order valence-electron chi connectivity index (χ1n) is 6.70. The third-order valence-corrected chi connectivity index (χ3v) is 3.00. The molecule has 0 bridgehead atoms. The highest BCUT2D eigenvalue weighted by Gasteiger charge is 2.08. The largest absolute Gasteiger partial charge is 0.344 e. The lowest BCUT2D eigenvalue weighted by Crippen LogP contribution is -2.30. The van der Waals surface area contributed by atoms with Crippen molar-refractivity contribution < 1.29 is 4.79 Å². The van der Waals surface area contributed by atoms with E-state index >= 15 is 0 Å². The number of rotatable bonds is 10. The van der Waals surface area contributed by atoms with E-state index in [1.807, 2.05) is 0 Å².